The van der Waals surface area contributed by atoms with Crippen molar-refractivity contribution >= 4 is 17.9 Å². The minimum absolute atomic E-state index is 0.0834. The van der Waals surface area contributed by atoms with E-state index < -0.39 is 42.5 Å². The summed E-state index contributed by atoms with van der Waals surface area (Å²) in [6.07, 6.45) is -2.71. The van der Waals surface area contributed by atoms with Gasteiger partial charge in [-0.2, -0.15) is 0 Å². The number of carbonyl (C=O) groups excluding carboxylic acids is 3. The van der Waals surface area contributed by atoms with Gasteiger partial charge in [0.15, 0.2) is 12.4 Å². The lowest BCUT2D eigenvalue weighted by atomic mass is 10.0. The van der Waals surface area contributed by atoms with Gasteiger partial charge < -0.3 is 23.7 Å². The second kappa shape index (κ2) is 7.94. The van der Waals surface area contributed by atoms with Crippen molar-refractivity contribution in [2.24, 2.45) is 0 Å². The normalized spacial score (nSPS) is 28.6. The molecule has 0 N–H and O–H groups in total. The van der Waals surface area contributed by atoms with Gasteiger partial charge in [-0.3, -0.25) is 14.4 Å². The molecule has 4 atom stereocenters. The van der Waals surface area contributed by atoms with Gasteiger partial charge in [0.1, 0.15) is 18.8 Å². The molecule has 8 nitrogen and oxygen atoms in total. The lowest BCUT2D eigenvalue weighted by Crippen LogP contribution is -2.52. The predicted molar refractivity (Wildman–Crippen MR) is 68.0 cm³/mol. The van der Waals surface area contributed by atoms with Gasteiger partial charge in [-0.1, -0.05) is 0 Å². The fourth-order valence-electron chi connectivity index (χ4n) is 2.05. The maximum absolute atomic E-state index is 11.2. The van der Waals surface area contributed by atoms with E-state index in [2.05, 4.69) is 0 Å². The molecular weight excluding hydrogens is 284 g/mol. The average molecular weight is 304 g/mol. The van der Waals surface area contributed by atoms with Crippen molar-refractivity contribution in [2.75, 3.05) is 13.7 Å². The third-order valence-corrected chi connectivity index (χ3v) is 2.81. The monoisotopic (exact) mass is 304 g/mol. The molecule has 0 radical (unpaired) electrons. The number of ether oxygens (including phenoxy) is 5. The molecule has 0 unspecified atom stereocenters. The fourth-order valence-corrected chi connectivity index (χ4v) is 2.05. The van der Waals surface area contributed by atoms with Crippen LogP contribution in [0, 0.1) is 0 Å². The highest BCUT2D eigenvalue weighted by Gasteiger charge is 2.42. The highest BCUT2D eigenvalue weighted by molar-refractivity contribution is 5.67. The average Bonchev–Trinajstić information content (AvgIpc) is 2.36. The molecule has 1 heterocycles. The number of esters is 3. The van der Waals surface area contributed by atoms with Gasteiger partial charge in [0.2, 0.25) is 0 Å². The molecule has 0 amide bonds. The first-order valence-corrected chi connectivity index (χ1v) is 6.49. The summed E-state index contributed by atoms with van der Waals surface area (Å²) in [4.78, 5) is 33.1. The molecular formula is C13H20O8. The first-order chi connectivity index (χ1) is 9.83. The van der Waals surface area contributed by atoms with E-state index in [-0.39, 0.29) is 13.0 Å². The van der Waals surface area contributed by atoms with Crippen molar-refractivity contribution < 1.29 is 38.1 Å². The minimum Gasteiger partial charge on any atom is -0.463 e. The van der Waals surface area contributed by atoms with E-state index in [9.17, 15) is 14.4 Å². The zero-order valence-electron chi connectivity index (χ0n) is 12.5. The van der Waals surface area contributed by atoms with Crippen LogP contribution in [-0.2, 0) is 38.1 Å². The Kier molecular flexibility index (Phi) is 6.57. The van der Waals surface area contributed by atoms with Gasteiger partial charge in [0.25, 0.3) is 0 Å². The van der Waals surface area contributed by atoms with E-state index >= 15 is 0 Å². The molecule has 0 aromatic rings. The number of hydrogen-bond acceptors (Lipinski definition) is 8. The first kappa shape index (κ1) is 17.4. The topological polar surface area (TPSA) is 97.4 Å². The van der Waals surface area contributed by atoms with Crippen molar-refractivity contribution in [3.63, 3.8) is 0 Å². The van der Waals surface area contributed by atoms with Crippen molar-refractivity contribution in [2.45, 2.75) is 51.8 Å². The van der Waals surface area contributed by atoms with Crippen LogP contribution in [0.2, 0.25) is 0 Å². The summed E-state index contributed by atoms with van der Waals surface area (Å²) in [5, 5.41) is 0. The van der Waals surface area contributed by atoms with Gasteiger partial charge in [-0.15, -0.1) is 0 Å². The van der Waals surface area contributed by atoms with E-state index in [4.69, 9.17) is 23.7 Å². The largest absolute Gasteiger partial charge is 0.463 e. The molecule has 21 heavy (non-hydrogen) atoms. The summed E-state index contributed by atoms with van der Waals surface area (Å²) in [7, 11) is 1.40. The maximum Gasteiger partial charge on any atom is 0.303 e. The van der Waals surface area contributed by atoms with Gasteiger partial charge in [0, 0.05) is 34.3 Å². The third-order valence-electron chi connectivity index (χ3n) is 2.81. The van der Waals surface area contributed by atoms with Crippen molar-refractivity contribution in [1.82, 2.24) is 0 Å². The Balaban J connectivity index is 2.78. The van der Waals surface area contributed by atoms with Crippen LogP contribution in [0.25, 0.3) is 0 Å². The van der Waals surface area contributed by atoms with Gasteiger partial charge in [-0.05, 0) is 0 Å². The molecule has 0 aromatic heterocycles. The first-order valence-electron chi connectivity index (χ1n) is 6.49. The molecule has 1 aliphatic heterocycles. The highest BCUT2D eigenvalue weighted by Crippen LogP contribution is 2.26. The number of hydrogen-bond donors (Lipinski definition) is 0. The molecule has 0 aromatic carbocycles. The van der Waals surface area contributed by atoms with Crippen molar-refractivity contribution in [3.05, 3.63) is 0 Å². The Morgan fingerprint density at radius 2 is 1.57 bits per heavy atom. The van der Waals surface area contributed by atoms with Crippen LogP contribution >= 0.6 is 0 Å². The molecule has 0 aliphatic carbocycles. The Morgan fingerprint density at radius 3 is 2.05 bits per heavy atom. The standard InChI is InChI=1S/C13H20O8/c1-7(14)18-6-12-10(19-8(2)15)5-11(20-9(3)16)13(17-4)21-12/h10-13H,5-6H2,1-4H3/t10-,11+,12+,13-/m0/s1. The molecule has 0 spiro atoms. The van der Waals surface area contributed by atoms with Gasteiger partial charge >= 0.3 is 17.9 Å². The van der Waals surface area contributed by atoms with Crippen molar-refractivity contribution in [3.8, 4) is 0 Å². The maximum atomic E-state index is 11.2. The summed E-state index contributed by atoms with van der Waals surface area (Å²) in [5.74, 6) is -1.48. The van der Waals surface area contributed by atoms with Crippen LogP contribution < -0.4 is 0 Å². The lowest BCUT2D eigenvalue weighted by Gasteiger charge is -2.39. The van der Waals surface area contributed by atoms with Crippen LogP contribution in [0.5, 0.6) is 0 Å². The molecule has 120 valence electrons. The van der Waals surface area contributed by atoms with Crippen LogP contribution in [0.3, 0.4) is 0 Å². The van der Waals surface area contributed by atoms with Gasteiger partial charge in [0.05, 0.1) is 0 Å². The highest BCUT2D eigenvalue weighted by atomic mass is 16.7. The summed E-state index contributed by atoms with van der Waals surface area (Å²) in [6, 6.07) is 0. The smallest absolute Gasteiger partial charge is 0.303 e. The number of methoxy groups -OCH3 is 1. The quantitative estimate of drug-likeness (QED) is 0.524. The van der Waals surface area contributed by atoms with Crippen molar-refractivity contribution in [1.29, 1.82) is 0 Å². The lowest BCUT2D eigenvalue weighted by molar-refractivity contribution is -0.270. The Bertz CT molecular complexity index is 394. The Hall–Kier alpha value is -1.67. The summed E-state index contributed by atoms with van der Waals surface area (Å²) < 4.78 is 25.8. The molecule has 1 fully saturated rings. The van der Waals surface area contributed by atoms with E-state index in [1.807, 2.05) is 0 Å². The molecule has 1 aliphatic rings. The Morgan fingerprint density at radius 1 is 1.00 bits per heavy atom. The van der Waals surface area contributed by atoms with E-state index in [0.29, 0.717) is 0 Å². The molecule has 8 heteroatoms. The zero-order chi connectivity index (χ0) is 16.0. The molecule has 1 rings (SSSR count). The third kappa shape index (κ3) is 5.68. The zero-order valence-corrected chi connectivity index (χ0v) is 12.5. The number of carbonyl (C=O) groups is 3. The summed E-state index contributed by atoms with van der Waals surface area (Å²) in [6.45, 7) is 3.70. The van der Waals surface area contributed by atoms with Crippen LogP contribution in [0.4, 0.5) is 0 Å². The molecule has 0 saturated carbocycles. The summed E-state index contributed by atoms with van der Waals surface area (Å²) in [5.41, 5.74) is 0. The second-order valence-corrected chi connectivity index (χ2v) is 4.61. The van der Waals surface area contributed by atoms with Crippen LogP contribution in [-0.4, -0.2) is 56.2 Å². The summed E-state index contributed by atoms with van der Waals surface area (Å²) >= 11 is 0. The van der Waals surface area contributed by atoms with E-state index in [1.54, 1.807) is 0 Å². The molecule has 0 bridgehead atoms. The Labute approximate surface area is 122 Å². The number of rotatable bonds is 5. The molecule has 1 saturated heterocycles. The van der Waals surface area contributed by atoms with E-state index in [1.165, 1.54) is 27.9 Å². The minimum atomic E-state index is -0.818. The fraction of sp³-hybridized carbons (Fsp3) is 0.769. The SMILES string of the molecule is CO[C@H]1O[C@H](COC(C)=O)[C@@H](OC(C)=O)C[C@H]1OC(C)=O. The van der Waals surface area contributed by atoms with Crippen LogP contribution in [0.1, 0.15) is 27.2 Å². The van der Waals surface area contributed by atoms with Gasteiger partial charge in [-0.25, -0.2) is 0 Å². The predicted octanol–water partition coefficient (Wildman–Crippen LogP) is 0.174. The second-order valence-electron chi connectivity index (χ2n) is 4.61. The van der Waals surface area contributed by atoms with E-state index in [0.717, 1.165) is 0 Å². The van der Waals surface area contributed by atoms with Crippen LogP contribution in [0.15, 0.2) is 0 Å².